The fourth-order valence-corrected chi connectivity index (χ4v) is 1.56. The number of hydrogen-bond acceptors (Lipinski definition) is 2. The molecular weight excluding hydrogens is 188 g/mol. The van der Waals surface area contributed by atoms with Crippen LogP contribution in [0.1, 0.15) is 26.2 Å². The van der Waals surface area contributed by atoms with Gasteiger partial charge in [0.2, 0.25) is 0 Å². The molecule has 0 bridgehead atoms. The van der Waals surface area contributed by atoms with Crippen LogP contribution in [0.3, 0.4) is 0 Å². The monoisotopic (exact) mass is 204 g/mol. The molecule has 0 atom stereocenters. The predicted octanol–water partition coefficient (Wildman–Crippen LogP) is 2.71. The van der Waals surface area contributed by atoms with Crippen molar-refractivity contribution >= 4 is 11.6 Å². The van der Waals surface area contributed by atoms with Gasteiger partial charge < -0.3 is 9.47 Å². The van der Waals surface area contributed by atoms with Crippen molar-refractivity contribution in [3.63, 3.8) is 0 Å². The molecule has 1 aliphatic heterocycles. The molecule has 0 unspecified atom stereocenters. The number of rotatable bonds is 5. The summed E-state index contributed by atoms with van der Waals surface area (Å²) in [5, 5.41) is 0. The zero-order valence-electron chi connectivity index (χ0n) is 8.14. The number of ether oxygens (including phenoxy) is 2. The maximum atomic E-state index is 5.62. The van der Waals surface area contributed by atoms with E-state index < -0.39 is 0 Å². The molecule has 0 amide bonds. The molecule has 0 aromatic rings. The Balaban J connectivity index is 2.14. The minimum absolute atomic E-state index is 0.355. The van der Waals surface area contributed by atoms with Crippen LogP contribution in [0.15, 0.2) is 12.2 Å². The van der Waals surface area contributed by atoms with Gasteiger partial charge in [0, 0.05) is 12.3 Å². The molecular formula is C10H17ClO2. The second-order valence-corrected chi connectivity index (χ2v) is 3.84. The largest absolute Gasteiger partial charge is 0.348 e. The first-order valence-corrected chi connectivity index (χ1v) is 5.20. The van der Waals surface area contributed by atoms with E-state index in [0.29, 0.717) is 19.1 Å². The van der Waals surface area contributed by atoms with Crippen LogP contribution < -0.4 is 0 Å². The fraction of sp³-hybridized carbons (Fsp3) is 0.800. The third-order valence-corrected chi connectivity index (χ3v) is 2.63. The topological polar surface area (TPSA) is 18.5 Å². The van der Waals surface area contributed by atoms with Crippen LogP contribution in [0.4, 0.5) is 0 Å². The molecule has 13 heavy (non-hydrogen) atoms. The number of halogens is 1. The highest BCUT2D eigenvalue weighted by atomic mass is 35.5. The van der Waals surface area contributed by atoms with Gasteiger partial charge in [-0.05, 0) is 19.8 Å². The minimum Gasteiger partial charge on any atom is -0.348 e. The second kappa shape index (κ2) is 4.99. The van der Waals surface area contributed by atoms with E-state index in [1.54, 1.807) is 0 Å². The molecule has 1 rings (SSSR count). The van der Waals surface area contributed by atoms with Crippen molar-refractivity contribution in [3.05, 3.63) is 12.2 Å². The first-order chi connectivity index (χ1) is 6.16. The summed E-state index contributed by atoms with van der Waals surface area (Å²) in [6.07, 6.45) is 2.91. The third-order valence-electron chi connectivity index (χ3n) is 2.25. The maximum absolute atomic E-state index is 5.62. The van der Waals surface area contributed by atoms with Gasteiger partial charge in [0.25, 0.3) is 0 Å². The minimum atomic E-state index is -0.355. The molecule has 3 heteroatoms. The van der Waals surface area contributed by atoms with E-state index in [9.17, 15) is 0 Å². The highest BCUT2D eigenvalue weighted by Crippen LogP contribution is 2.25. The van der Waals surface area contributed by atoms with Crippen LogP contribution >= 0.6 is 11.6 Å². The summed E-state index contributed by atoms with van der Waals surface area (Å²) >= 11 is 5.62. The van der Waals surface area contributed by atoms with E-state index in [1.165, 1.54) is 0 Å². The Labute approximate surface area is 84.9 Å². The SMILES string of the molecule is C=C(CCl)CCCC1(C)OCCO1. The third kappa shape index (κ3) is 3.67. The smallest absolute Gasteiger partial charge is 0.165 e. The zero-order valence-corrected chi connectivity index (χ0v) is 8.90. The molecule has 0 aromatic heterocycles. The molecule has 0 saturated carbocycles. The molecule has 2 nitrogen and oxygen atoms in total. The molecule has 0 spiro atoms. The van der Waals surface area contributed by atoms with E-state index in [0.717, 1.165) is 24.8 Å². The Morgan fingerprint density at radius 1 is 1.46 bits per heavy atom. The Morgan fingerprint density at radius 2 is 2.08 bits per heavy atom. The molecule has 1 heterocycles. The lowest BCUT2D eigenvalue weighted by Gasteiger charge is -2.21. The highest BCUT2D eigenvalue weighted by Gasteiger charge is 2.29. The van der Waals surface area contributed by atoms with Gasteiger partial charge in [-0.15, -0.1) is 11.6 Å². The van der Waals surface area contributed by atoms with Crippen LogP contribution in [0.25, 0.3) is 0 Å². The molecule has 1 fully saturated rings. The summed E-state index contributed by atoms with van der Waals surface area (Å²) < 4.78 is 10.9. The van der Waals surface area contributed by atoms with Crippen molar-refractivity contribution in [1.82, 2.24) is 0 Å². The molecule has 0 radical (unpaired) electrons. The van der Waals surface area contributed by atoms with Crippen molar-refractivity contribution in [1.29, 1.82) is 0 Å². The molecule has 0 aromatic carbocycles. The lowest BCUT2D eigenvalue weighted by Crippen LogP contribution is -2.25. The Bertz CT molecular complexity index is 174. The number of hydrogen-bond donors (Lipinski definition) is 0. The van der Waals surface area contributed by atoms with E-state index in [-0.39, 0.29) is 5.79 Å². The highest BCUT2D eigenvalue weighted by molar-refractivity contribution is 6.19. The average Bonchev–Trinajstić information content (AvgIpc) is 2.52. The van der Waals surface area contributed by atoms with Gasteiger partial charge in [0.05, 0.1) is 13.2 Å². The summed E-state index contributed by atoms with van der Waals surface area (Å²) in [4.78, 5) is 0. The molecule has 0 aliphatic carbocycles. The average molecular weight is 205 g/mol. The molecule has 1 aliphatic rings. The Morgan fingerprint density at radius 3 is 2.62 bits per heavy atom. The lowest BCUT2D eigenvalue weighted by atomic mass is 10.1. The van der Waals surface area contributed by atoms with E-state index in [4.69, 9.17) is 21.1 Å². The molecule has 0 N–H and O–H groups in total. The molecule has 1 saturated heterocycles. The number of allylic oxidation sites excluding steroid dienone is 1. The summed E-state index contributed by atoms with van der Waals surface area (Å²) in [7, 11) is 0. The van der Waals surface area contributed by atoms with Crippen LogP contribution in [0, 0.1) is 0 Å². The maximum Gasteiger partial charge on any atom is 0.165 e. The van der Waals surface area contributed by atoms with Crippen molar-refractivity contribution in [3.8, 4) is 0 Å². The summed E-state index contributed by atoms with van der Waals surface area (Å²) in [6, 6.07) is 0. The van der Waals surface area contributed by atoms with Gasteiger partial charge in [-0.1, -0.05) is 12.2 Å². The van der Waals surface area contributed by atoms with E-state index in [2.05, 4.69) is 6.58 Å². The fourth-order valence-electron chi connectivity index (χ4n) is 1.43. The molecule has 76 valence electrons. The first kappa shape index (κ1) is 11.0. The standard InChI is InChI=1S/C10H17ClO2/c1-9(8-11)4-3-5-10(2)12-6-7-13-10/h1,3-8H2,2H3. The van der Waals surface area contributed by atoms with Crippen LogP contribution in [-0.2, 0) is 9.47 Å². The summed E-state index contributed by atoms with van der Waals surface area (Å²) in [6.45, 7) is 7.27. The van der Waals surface area contributed by atoms with Gasteiger partial charge in [-0.2, -0.15) is 0 Å². The quantitative estimate of drug-likeness (QED) is 0.507. The van der Waals surface area contributed by atoms with Gasteiger partial charge in [-0.3, -0.25) is 0 Å². The van der Waals surface area contributed by atoms with Crippen LogP contribution in [0.2, 0.25) is 0 Å². The van der Waals surface area contributed by atoms with E-state index >= 15 is 0 Å². The second-order valence-electron chi connectivity index (χ2n) is 3.57. The summed E-state index contributed by atoms with van der Waals surface area (Å²) in [5.41, 5.74) is 1.09. The lowest BCUT2D eigenvalue weighted by molar-refractivity contribution is -0.147. The van der Waals surface area contributed by atoms with Crippen molar-refractivity contribution in [2.75, 3.05) is 19.1 Å². The van der Waals surface area contributed by atoms with Gasteiger partial charge in [-0.25, -0.2) is 0 Å². The predicted molar refractivity (Wildman–Crippen MR) is 54.0 cm³/mol. The van der Waals surface area contributed by atoms with Crippen molar-refractivity contribution in [2.45, 2.75) is 32.0 Å². The van der Waals surface area contributed by atoms with Crippen molar-refractivity contribution in [2.24, 2.45) is 0 Å². The Hall–Kier alpha value is -0.0500. The Kier molecular flexibility index (Phi) is 4.23. The van der Waals surface area contributed by atoms with Gasteiger partial charge in [0.1, 0.15) is 0 Å². The van der Waals surface area contributed by atoms with Crippen LogP contribution in [-0.4, -0.2) is 24.9 Å². The van der Waals surface area contributed by atoms with Crippen LogP contribution in [0.5, 0.6) is 0 Å². The van der Waals surface area contributed by atoms with E-state index in [1.807, 2.05) is 6.92 Å². The van der Waals surface area contributed by atoms with Gasteiger partial charge >= 0.3 is 0 Å². The first-order valence-electron chi connectivity index (χ1n) is 4.67. The zero-order chi connectivity index (χ0) is 9.73. The normalized spacial score (nSPS) is 20.5. The van der Waals surface area contributed by atoms with Crippen molar-refractivity contribution < 1.29 is 9.47 Å². The summed E-state index contributed by atoms with van der Waals surface area (Å²) in [5.74, 6) is 0.199. The van der Waals surface area contributed by atoms with Gasteiger partial charge in [0.15, 0.2) is 5.79 Å². The number of alkyl halides is 1.